The third-order valence-electron chi connectivity index (χ3n) is 4.58. The van der Waals surface area contributed by atoms with Crippen LogP contribution in [0.15, 0.2) is 54.6 Å². The van der Waals surface area contributed by atoms with Crippen molar-refractivity contribution in [2.24, 2.45) is 0 Å². The molecule has 1 saturated carbocycles. The van der Waals surface area contributed by atoms with E-state index in [0.29, 0.717) is 6.42 Å². The molecule has 3 rings (SSSR count). The molecule has 0 heterocycles. The van der Waals surface area contributed by atoms with E-state index < -0.39 is 0 Å². The zero-order valence-electron chi connectivity index (χ0n) is 12.6. The molecule has 0 bridgehead atoms. The van der Waals surface area contributed by atoms with Crippen LogP contribution in [0.3, 0.4) is 0 Å². The second-order valence-corrected chi connectivity index (χ2v) is 5.93. The maximum atomic E-state index is 12.8. The first kappa shape index (κ1) is 14.8. The van der Waals surface area contributed by atoms with Crippen LogP contribution in [0.5, 0.6) is 0 Å². The van der Waals surface area contributed by atoms with Crippen molar-refractivity contribution in [2.45, 2.75) is 31.1 Å². The highest BCUT2D eigenvalue weighted by Gasteiger charge is 2.45. The van der Waals surface area contributed by atoms with E-state index in [1.54, 1.807) is 0 Å². The van der Waals surface area contributed by atoms with Crippen molar-refractivity contribution in [1.82, 2.24) is 0 Å². The molecule has 114 valence electrons. The smallest absolute Gasteiger partial charge is 0.235 e. The summed E-state index contributed by atoms with van der Waals surface area (Å²) in [7, 11) is 0. The molecule has 3 nitrogen and oxygen atoms in total. The third-order valence-corrected chi connectivity index (χ3v) is 4.58. The highest BCUT2D eigenvalue weighted by Crippen LogP contribution is 2.44. The normalized spacial score (nSPS) is 15.9. The van der Waals surface area contributed by atoms with E-state index in [1.165, 1.54) is 0 Å². The number of aliphatic hydroxyl groups excluding tert-OH is 1. The zero-order chi connectivity index (χ0) is 15.4. The second kappa shape index (κ2) is 6.32. The fraction of sp³-hybridized carbons (Fsp3) is 0.316. The molecule has 0 spiro atoms. The molecule has 2 aromatic carbocycles. The van der Waals surface area contributed by atoms with Gasteiger partial charge < -0.3 is 10.4 Å². The average Bonchev–Trinajstić information content (AvgIpc) is 2.49. The standard InChI is InChI=1S/C19H21NO2/c21-14-11-15-7-9-17(10-8-15)20-18(22)19(12-4-13-19)16-5-2-1-3-6-16/h1-3,5-10,21H,4,11-14H2,(H,20,22). The van der Waals surface area contributed by atoms with Gasteiger partial charge in [-0.25, -0.2) is 0 Å². The fourth-order valence-corrected chi connectivity index (χ4v) is 3.07. The van der Waals surface area contributed by atoms with Crippen LogP contribution >= 0.6 is 0 Å². The quantitative estimate of drug-likeness (QED) is 0.889. The Balaban J connectivity index is 1.75. The van der Waals surface area contributed by atoms with Crippen molar-refractivity contribution in [3.63, 3.8) is 0 Å². The van der Waals surface area contributed by atoms with Gasteiger partial charge in [-0.2, -0.15) is 0 Å². The van der Waals surface area contributed by atoms with E-state index in [0.717, 1.165) is 36.1 Å². The van der Waals surface area contributed by atoms with Gasteiger partial charge in [0.05, 0.1) is 5.41 Å². The van der Waals surface area contributed by atoms with E-state index >= 15 is 0 Å². The Hall–Kier alpha value is -2.13. The summed E-state index contributed by atoms with van der Waals surface area (Å²) in [4.78, 5) is 12.8. The third kappa shape index (κ3) is 2.77. The molecule has 2 N–H and O–H groups in total. The molecule has 0 aromatic heterocycles. The average molecular weight is 295 g/mol. The van der Waals surface area contributed by atoms with E-state index in [9.17, 15) is 4.79 Å². The van der Waals surface area contributed by atoms with Crippen molar-refractivity contribution in [3.05, 3.63) is 65.7 Å². The molecule has 1 amide bonds. The van der Waals surface area contributed by atoms with Gasteiger partial charge in [-0.3, -0.25) is 4.79 Å². The van der Waals surface area contributed by atoms with Crippen LogP contribution in [-0.4, -0.2) is 17.6 Å². The molecular weight excluding hydrogens is 274 g/mol. The lowest BCUT2D eigenvalue weighted by Crippen LogP contribution is -2.45. The topological polar surface area (TPSA) is 49.3 Å². The van der Waals surface area contributed by atoms with Crippen LogP contribution in [0.4, 0.5) is 5.69 Å². The summed E-state index contributed by atoms with van der Waals surface area (Å²) in [6.45, 7) is 0.142. The van der Waals surface area contributed by atoms with E-state index in [-0.39, 0.29) is 17.9 Å². The number of anilines is 1. The lowest BCUT2D eigenvalue weighted by molar-refractivity contribution is -0.124. The molecule has 1 aliphatic carbocycles. The number of hydrogen-bond donors (Lipinski definition) is 2. The minimum absolute atomic E-state index is 0.0832. The van der Waals surface area contributed by atoms with Crippen LogP contribution in [-0.2, 0) is 16.6 Å². The zero-order valence-corrected chi connectivity index (χ0v) is 12.6. The molecule has 1 fully saturated rings. The van der Waals surface area contributed by atoms with E-state index in [4.69, 9.17) is 5.11 Å². The number of carbonyl (C=O) groups is 1. The van der Waals surface area contributed by atoms with Crippen LogP contribution < -0.4 is 5.32 Å². The van der Waals surface area contributed by atoms with Crippen molar-refractivity contribution < 1.29 is 9.90 Å². The summed E-state index contributed by atoms with van der Waals surface area (Å²) in [6, 6.07) is 17.8. The number of benzene rings is 2. The van der Waals surface area contributed by atoms with Gasteiger partial charge in [-0.15, -0.1) is 0 Å². The van der Waals surface area contributed by atoms with Gasteiger partial charge in [0.2, 0.25) is 5.91 Å². The molecule has 0 unspecified atom stereocenters. The Morgan fingerprint density at radius 2 is 1.73 bits per heavy atom. The van der Waals surface area contributed by atoms with Crippen LogP contribution in [0.2, 0.25) is 0 Å². The molecule has 0 saturated heterocycles. The van der Waals surface area contributed by atoms with Crippen molar-refractivity contribution in [1.29, 1.82) is 0 Å². The highest BCUT2D eigenvalue weighted by molar-refractivity contribution is 5.99. The molecular formula is C19H21NO2. The Bertz CT molecular complexity index is 630. The SMILES string of the molecule is O=C(Nc1ccc(CCO)cc1)C1(c2ccccc2)CCC1. The lowest BCUT2D eigenvalue weighted by Gasteiger charge is -2.40. The molecule has 0 radical (unpaired) electrons. The number of rotatable bonds is 5. The fourth-order valence-electron chi connectivity index (χ4n) is 3.07. The van der Waals surface area contributed by atoms with E-state index in [2.05, 4.69) is 5.32 Å². The summed E-state index contributed by atoms with van der Waals surface area (Å²) >= 11 is 0. The Kier molecular flexibility index (Phi) is 4.25. The molecule has 22 heavy (non-hydrogen) atoms. The Morgan fingerprint density at radius 3 is 2.27 bits per heavy atom. The molecule has 1 aliphatic rings. The molecule has 0 aliphatic heterocycles. The van der Waals surface area contributed by atoms with Gasteiger partial charge in [0.1, 0.15) is 0 Å². The number of amides is 1. The minimum Gasteiger partial charge on any atom is -0.396 e. The largest absolute Gasteiger partial charge is 0.396 e. The summed E-state index contributed by atoms with van der Waals surface area (Å²) in [6.07, 6.45) is 3.55. The minimum atomic E-state index is -0.370. The Morgan fingerprint density at radius 1 is 1.05 bits per heavy atom. The van der Waals surface area contributed by atoms with E-state index in [1.807, 2.05) is 54.6 Å². The first-order valence-corrected chi connectivity index (χ1v) is 7.81. The Labute approximate surface area is 131 Å². The monoisotopic (exact) mass is 295 g/mol. The van der Waals surface area contributed by atoms with Crippen LogP contribution in [0, 0.1) is 0 Å². The first-order chi connectivity index (χ1) is 10.7. The van der Waals surface area contributed by atoms with Gasteiger partial charge in [-0.05, 0) is 42.5 Å². The maximum Gasteiger partial charge on any atom is 0.235 e. The molecule has 3 heteroatoms. The predicted octanol–water partition coefficient (Wildman–Crippen LogP) is 3.28. The number of hydrogen-bond acceptors (Lipinski definition) is 2. The summed E-state index contributed by atoms with van der Waals surface area (Å²) in [5, 5.41) is 12.0. The number of nitrogens with one attached hydrogen (secondary N) is 1. The summed E-state index contributed by atoms with van der Waals surface area (Å²) < 4.78 is 0. The summed E-state index contributed by atoms with van der Waals surface area (Å²) in [5.74, 6) is 0.0832. The molecule has 2 aromatic rings. The van der Waals surface area contributed by atoms with Crippen LogP contribution in [0.25, 0.3) is 0 Å². The highest BCUT2D eigenvalue weighted by atomic mass is 16.2. The van der Waals surface area contributed by atoms with Crippen molar-refractivity contribution in [2.75, 3.05) is 11.9 Å². The maximum absolute atomic E-state index is 12.8. The molecule has 0 atom stereocenters. The number of carbonyl (C=O) groups excluding carboxylic acids is 1. The predicted molar refractivity (Wildman–Crippen MR) is 87.8 cm³/mol. The second-order valence-electron chi connectivity index (χ2n) is 5.93. The van der Waals surface area contributed by atoms with Gasteiger partial charge >= 0.3 is 0 Å². The van der Waals surface area contributed by atoms with Gasteiger partial charge in [0.25, 0.3) is 0 Å². The van der Waals surface area contributed by atoms with Gasteiger partial charge in [-0.1, -0.05) is 48.9 Å². The van der Waals surface area contributed by atoms with Gasteiger partial charge in [0, 0.05) is 12.3 Å². The van der Waals surface area contributed by atoms with Gasteiger partial charge in [0.15, 0.2) is 0 Å². The lowest BCUT2D eigenvalue weighted by atomic mass is 9.64. The number of aliphatic hydroxyl groups is 1. The van der Waals surface area contributed by atoms with Crippen molar-refractivity contribution >= 4 is 11.6 Å². The first-order valence-electron chi connectivity index (χ1n) is 7.81. The summed E-state index contributed by atoms with van der Waals surface area (Å²) in [5.41, 5.74) is 2.62. The van der Waals surface area contributed by atoms with Crippen LogP contribution in [0.1, 0.15) is 30.4 Å². The van der Waals surface area contributed by atoms with Crippen molar-refractivity contribution in [3.8, 4) is 0 Å².